The first kappa shape index (κ1) is 12.4. The smallest absolute Gasteiger partial charge is 0.303 e. The number of hydrogen-bond acceptors (Lipinski definition) is 2. The molecule has 0 fully saturated rings. The summed E-state index contributed by atoms with van der Waals surface area (Å²) in [5.74, 6) is 0.0866. The molecule has 0 amide bonds. The van der Waals surface area contributed by atoms with Gasteiger partial charge in [-0.05, 0) is 13.3 Å². The zero-order valence-electron chi connectivity index (χ0n) is 10.6. The summed E-state index contributed by atoms with van der Waals surface area (Å²) in [5, 5.41) is 8.69. The topological polar surface area (TPSA) is 55.1 Å². The normalized spacial score (nSPS) is 10.6. The number of hydrogen-bond donors (Lipinski definition) is 1. The third-order valence-electron chi connectivity index (χ3n) is 2.99. The van der Waals surface area contributed by atoms with Crippen LogP contribution in [0.25, 0.3) is 11.4 Å². The molecular formula is C14H16N2O2. The van der Waals surface area contributed by atoms with Crippen molar-refractivity contribution >= 4 is 5.97 Å². The van der Waals surface area contributed by atoms with Crippen molar-refractivity contribution in [3.05, 3.63) is 41.7 Å². The lowest BCUT2D eigenvalue weighted by Gasteiger charge is -2.05. The Bertz CT molecular complexity index is 556. The van der Waals surface area contributed by atoms with Crippen LogP contribution in [0.15, 0.2) is 30.5 Å². The number of rotatable bonds is 4. The fourth-order valence-electron chi connectivity index (χ4n) is 1.88. The second-order valence-electron chi connectivity index (χ2n) is 4.39. The summed E-state index contributed by atoms with van der Waals surface area (Å²) in [7, 11) is 1.92. The quantitative estimate of drug-likeness (QED) is 0.898. The Kier molecular flexibility index (Phi) is 3.46. The van der Waals surface area contributed by atoms with Crippen LogP contribution in [0.3, 0.4) is 0 Å². The minimum absolute atomic E-state index is 0.132. The molecule has 0 aliphatic rings. The van der Waals surface area contributed by atoms with Gasteiger partial charge in [-0.2, -0.15) is 0 Å². The molecular weight excluding hydrogens is 228 g/mol. The summed E-state index contributed by atoms with van der Waals surface area (Å²) in [6.07, 6.45) is 2.38. The second kappa shape index (κ2) is 5.04. The first-order valence-corrected chi connectivity index (χ1v) is 5.87. The van der Waals surface area contributed by atoms with Gasteiger partial charge in [-0.1, -0.05) is 29.8 Å². The van der Waals surface area contributed by atoms with E-state index in [4.69, 9.17) is 5.11 Å². The van der Waals surface area contributed by atoms with Crippen molar-refractivity contribution in [2.45, 2.75) is 19.8 Å². The van der Waals surface area contributed by atoms with Crippen LogP contribution in [0.4, 0.5) is 0 Å². The van der Waals surface area contributed by atoms with Gasteiger partial charge in [-0.3, -0.25) is 4.79 Å². The highest BCUT2D eigenvalue weighted by Gasteiger charge is 2.09. The van der Waals surface area contributed by atoms with Crippen LogP contribution in [-0.4, -0.2) is 20.6 Å². The van der Waals surface area contributed by atoms with Gasteiger partial charge in [0.05, 0.1) is 6.42 Å². The molecule has 0 spiro atoms. The standard InChI is InChI=1S/C14H16N2O2/c1-10-3-5-11(6-4-10)14-15-9-12(16(14)2)7-8-13(17)18/h3-6,9H,7-8H2,1-2H3,(H,17,18). The molecule has 0 saturated carbocycles. The zero-order chi connectivity index (χ0) is 13.1. The van der Waals surface area contributed by atoms with Crippen LogP contribution in [0.2, 0.25) is 0 Å². The molecule has 0 radical (unpaired) electrons. The molecule has 2 rings (SSSR count). The maximum Gasteiger partial charge on any atom is 0.303 e. The molecule has 1 aromatic carbocycles. The van der Waals surface area contributed by atoms with E-state index >= 15 is 0 Å². The fraction of sp³-hybridized carbons (Fsp3) is 0.286. The van der Waals surface area contributed by atoms with E-state index < -0.39 is 5.97 Å². The molecule has 0 atom stereocenters. The summed E-state index contributed by atoms with van der Waals surface area (Å²) in [6.45, 7) is 2.04. The van der Waals surface area contributed by atoms with Crippen LogP contribution in [0.5, 0.6) is 0 Å². The Balaban J connectivity index is 2.25. The molecule has 4 heteroatoms. The second-order valence-corrected chi connectivity index (χ2v) is 4.39. The van der Waals surface area contributed by atoms with E-state index in [1.807, 2.05) is 42.8 Å². The van der Waals surface area contributed by atoms with Gasteiger partial charge in [0.2, 0.25) is 0 Å². The Hall–Kier alpha value is -2.10. The van der Waals surface area contributed by atoms with Crippen molar-refractivity contribution in [1.29, 1.82) is 0 Å². The molecule has 18 heavy (non-hydrogen) atoms. The number of carboxylic acids is 1. The zero-order valence-corrected chi connectivity index (χ0v) is 10.6. The molecule has 1 aromatic heterocycles. The van der Waals surface area contributed by atoms with E-state index in [0.717, 1.165) is 17.1 Å². The first-order chi connectivity index (χ1) is 8.58. The lowest BCUT2D eigenvalue weighted by molar-refractivity contribution is -0.136. The highest BCUT2D eigenvalue weighted by Crippen LogP contribution is 2.19. The van der Waals surface area contributed by atoms with Crippen LogP contribution >= 0.6 is 0 Å². The molecule has 94 valence electrons. The van der Waals surface area contributed by atoms with Crippen molar-refractivity contribution in [3.63, 3.8) is 0 Å². The lowest BCUT2D eigenvalue weighted by Crippen LogP contribution is -2.03. The SMILES string of the molecule is Cc1ccc(-c2ncc(CCC(=O)O)n2C)cc1. The Morgan fingerprint density at radius 2 is 2.00 bits per heavy atom. The van der Waals surface area contributed by atoms with Crippen LogP contribution < -0.4 is 0 Å². The molecule has 2 aromatic rings. The van der Waals surface area contributed by atoms with Crippen LogP contribution in [-0.2, 0) is 18.3 Å². The van der Waals surface area contributed by atoms with E-state index in [0.29, 0.717) is 6.42 Å². The molecule has 0 aliphatic heterocycles. The maximum atomic E-state index is 10.6. The van der Waals surface area contributed by atoms with Gasteiger partial charge in [0.1, 0.15) is 5.82 Å². The Labute approximate surface area is 106 Å². The van der Waals surface area contributed by atoms with Crippen molar-refractivity contribution in [2.75, 3.05) is 0 Å². The third-order valence-corrected chi connectivity index (χ3v) is 2.99. The molecule has 0 bridgehead atoms. The number of carboxylic acid groups (broad SMARTS) is 1. The van der Waals surface area contributed by atoms with Crippen molar-refractivity contribution < 1.29 is 9.90 Å². The number of aryl methyl sites for hydroxylation is 2. The highest BCUT2D eigenvalue weighted by atomic mass is 16.4. The van der Waals surface area contributed by atoms with Crippen LogP contribution in [0, 0.1) is 6.92 Å². The molecule has 0 saturated heterocycles. The molecule has 1 N–H and O–H groups in total. The minimum atomic E-state index is -0.784. The number of nitrogens with zero attached hydrogens (tertiary/aromatic N) is 2. The lowest BCUT2D eigenvalue weighted by atomic mass is 10.1. The van der Waals surface area contributed by atoms with Gasteiger partial charge in [0.15, 0.2) is 0 Å². The number of imidazole rings is 1. The van der Waals surface area contributed by atoms with Gasteiger partial charge >= 0.3 is 5.97 Å². The van der Waals surface area contributed by atoms with E-state index in [2.05, 4.69) is 4.98 Å². The van der Waals surface area contributed by atoms with Gasteiger partial charge < -0.3 is 9.67 Å². The molecule has 1 heterocycles. The minimum Gasteiger partial charge on any atom is -0.481 e. The van der Waals surface area contributed by atoms with E-state index in [9.17, 15) is 4.79 Å². The first-order valence-electron chi connectivity index (χ1n) is 5.87. The number of aromatic nitrogens is 2. The van der Waals surface area contributed by atoms with Gasteiger partial charge in [0, 0.05) is 24.5 Å². The van der Waals surface area contributed by atoms with E-state index in [-0.39, 0.29) is 6.42 Å². The average Bonchev–Trinajstić information content (AvgIpc) is 2.69. The maximum absolute atomic E-state index is 10.6. The highest BCUT2D eigenvalue weighted by molar-refractivity contribution is 5.67. The molecule has 0 aliphatic carbocycles. The summed E-state index contributed by atoms with van der Waals surface area (Å²) >= 11 is 0. The summed E-state index contributed by atoms with van der Waals surface area (Å²) in [5.41, 5.74) is 3.19. The fourth-order valence-corrected chi connectivity index (χ4v) is 1.88. The van der Waals surface area contributed by atoms with Gasteiger partial charge in [0.25, 0.3) is 0 Å². The summed E-state index contributed by atoms with van der Waals surface area (Å²) in [4.78, 5) is 14.9. The van der Waals surface area contributed by atoms with E-state index in [1.54, 1.807) is 6.20 Å². The summed E-state index contributed by atoms with van der Waals surface area (Å²) in [6, 6.07) is 8.14. The average molecular weight is 244 g/mol. The number of aliphatic carboxylic acids is 1. The molecule has 4 nitrogen and oxygen atoms in total. The number of carbonyl (C=O) groups is 1. The third kappa shape index (κ3) is 2.59. The van der Waals surface area contributed by atoms with Gasteiger partial charge in [-0.15, -0.1) is 0 Å². The molecule has 0 unspecified atom stereocenters. The van der Waals surface area contributed by atoms with Crippen molar-refractivity contribution in [1.82, 2.24) is 9.55 Å². The Morgan fingerprint density at radius 3 is 2.61 bits per heavy atom. The van der Waals surface area contributed by atoms with Crippen molar-refractivity contribution in [3.8, 4) is 11.4 Å². The summed E-state index contributed by atoms with van der Waals surface area (Å²) < 4.78 is 1.95. The van der Waals surface area contributed by atoms with Crippen molar-refractivity contribution in [2.24, 2.45) is 7.05 Å². The number of benzene rings is 1. The largest absolute Gasteiger partial charge is 0.481 e. The predicted octanol–water partition coefficient (Wildman–Crippen LogP) is 2.41. The van der Waals surface area contributed by atoms with E-state index in [1.165, 1.54) is 5.56 Å². The Morgan fingerprint density at radius 1 is 1.33 bits per heavy atom. The monoisotopic (exact) mass is 244 g/mol. The van der Waals surface area contributed by atoms with Gasteiger partial charge in [-0.25, -0.2) is 4.98 Å². The predicted molar refractivity (Wildman–Crippen MR) is 69.3 cm³/mol. The van der Waals surface area contributed by atoms with Crippen LogP contribution in [0.1, 0.15) is 17.7 Å².